The van der Waals surface area contributed by atoms with Gasteiger partial charge in [0.05, 0.1) is 12.1 Å². The van der Waals surface area contributed by atoms with Gasteiger partial charge in [-0.1, -0.05) is 0 Å². The minimum Gasteiger partial charge on any atom is -0.459 e. The highest BCUT2D eigenvalue weighted by molar-refractivity contribution is 5.99. The van der Waals surface area contributed by atoms with E-state index in [-0.39, 0.29) is 12.6 Å². The summed E-state index contributed by atoms with van der Waals surface area (Å²) >= 11 is 0. The summed E-state index contributed by atoms with van der Waals surface area (Å²) in [6, 6.07) is 3.62. The molecule has 162 valence electrons. The van der Waals surface area contributed by atoms with Crippen molar-refractivity contribution in [3.8, 4) is 5.88 Å². The zero-order chi connectivity index (χ0) is 22.3. The van der Waals surface area contributed by atoms with E-state index in [9.17, 15) is 14.1 Å². The number of rotatable bonds is 7. The lowest BCUT2D eigenvalue weighted by molar-refractivity contribution is -0.111. The summed E-state index contributed by atoms with van der Waals surface area (Å²) in [6.45, 7) is 5.81. The maximum Gasteiger partial charge on any atom is 0.255 e. The third kappa shape index (κ3) is 5.94. The minimum absolute atomic E-state index is 0.0245. The number of anilines is 1. The van der Waals surface area contributed by atoms with E-state index < -0.39 is 5.54 Å². The number of aryl methyl sites for hydroxylation is 1. The predicted octanol–water partition coefficient (Wildman–Crippen LogP) is 1.72. The Morgan fingerprint density at radius 2 is 2.10 bits per heavy atom. The molecule has 0 fully saturated rings. The van der Waals surface area contributed by atoms with Gasteiger partial charge in [0.1, 0.15) is 12.1 Å². The highest BCUT2D eigenvalue weighted by atomic mass is 19.2. The SMILES string of the molecule is CC(C)(N)C=O.CNc1nccc2c1CN(Cc1cnc(OCNF)c(C)c1)C2=O. The van der Waals surface area contributed by atoms with Crippen LogP contribution in [0.2, 0.25) is 0 Å². The van der Waals surface area contributed by atoms with Crippen LogP contribution in [-0.4, -0.2) is 46.4 Å². The molecule has 3 rings (SSSR count). The number of aromatic nitrogens is 2. The molecule has 0 aromatic carbocycles. The number of fused-ring (bicyclic) bond motifs is 1. The Morgan fingerprint density at radius 1 is 1.40 bits per heavy atom. The van der Waals surface area contributed by atoms with E-state index in [1.807, 2.05) is 13.0 Å². The van der Waals surface area contributed by atoms with Crippen molar-refractivity contribution >= 4 is 18.0 Å². The molecular formula is C20H27FN6O3. The van der Waals surface area contributed by atoms with Gasteiger partial charge in [-0.3, -0.25) is 4.79 Å². The lowest BCUT2D eigenvalue weighted by Crippen LogP contribution is -2.33. The first-order valence-electron chi connectivity index (χ1n) is 9.32. The van der Waals surface area contributed by atoms with Crippen LogP contribution in [0, 0.1) is 6.92 Å². The van der Waals surface area contributed by atoms with E-state index in [1.54, 1.807) is 44.3 Å². The fourth-order valence-electron chi connectivity index (χ4n) is 2.80. The minimum atomic E-state index is -0.639. The number of hydrogen-bond acceptors (Lipinski definition) is 8. The number of ether oxygens (including phenoxy) is 1. The number of amides is 1. The van der Waals surface area contributed by atoms with Gasteiger partial charge in [-0.25, -0.2) is 9.97 Å². The molecule has 0 atom stereocenters. The van der Waals surface area contributed by atoms with E-state index in [0.717, 1.165) is 22.5 Å². The van der Waals surface area contributed by atoms with E-state index >= 15 is 0 Å². The van der Waals surface area contributed by atoms with E-state index in [0.29, 0.717) is 30.8 Å². The number of hydrogen-bond donors (Lipinski definition) is 3. The Hall–Kier alpha value is -3.11. The van der Waals surface area contributed by atoms with Crippen LogP contribution in [0.4, 0.5) is 10.3 Å². The first kappa shape index (κ1) is 23.2. The standard InChI is InChI=1S/C16H18FN5O2.C4H9NO/c1-10-5-11(6-20-15(10)24-9-21-17)7-22-8-13-12(16(22)23)3-4-19-14(13)18-2;1-4(2,5)3-6/h3-6,21H,7-9H2,1-2H3,(H,18,19);3H,5H2,1-2H3. The Balaban J connectivity index is 0.000000469. The maximum atomic E-state index is 12.5. The summed E-state index contributed by atoms with van der Waals surface area (Å²) in [5.41, 5.74) is 9.19. The number of nitrogens with one attached hydrogen (secondary N) is 2. The molecule has 10 heteroatoms. The summed E-state index contributed by atoms with van der Waals surface area (Å²) in [5, 5.41) is 3.01. The average Bonchev–Trinajstić information content (AvgIpc) is 3.03. The monoisotopic (exact) mass is 418 g/mol. The number of nitrogens with zero attached hydrogens (tertiary/aromatic N) is 3. The normalized spacial score (nSPS) is 12.7. The molecule has 1 aliphatic rings. The Kier molecular flexibility index (Phi) is 7.79. The summed E-state index contributed by atoms with van der Waals surface area (Å²) in [6.07, 6.45) is 3.98. The molecule has 0 spiro atoms. The number of carbonyl (C=O) groups is 2. The molecule has 30 heavy (non-hydrogen) atoms. The lowest BCUT2D eigenvalue weighted by Gasteiger charge is -2.16. The molecule has 0 bridgehead atoms. The summed E-state index contributed by atoms with van der Waals surface area (Å²) < 4.78 is 17.1. The van der Waals surface area contributed by atoms with E-state index in [2.05, 4.69) is 15.3 Å². The molecule has 2 aromatic heterocycles. The zero-order valence-electron chi connectivity index (χ0n) is 17.5. The molecule has 0 unspecified atom stereocenters. The molecule has 0 saturated heterocycles. The first-order chi connectivity index (χ1) is 14.2. The number of halogens is 1. The van der Waals surface area contributed by atoms with Crippen molar-refractivity contribution in [2.45, 2.75) is 39.4 Å². The summed E-state index contributed by atoms with van der Waals surface area (Å²) in [4.78, 5) is 32.4. The molecule has 1 amide bonds. The fourth-order valence-corrected chi connectivity index (χ4v) is 2.80. The van der Waals surface area contributed by atoms with Crippen LogP contribution in [0.15, 0.2) is 24.5 Å². The van der Waals surface area contributed by atoms with Crippen molar-refractivity contribution in [2.75, 3.05) is 19.1 Å². The van der Waals surface area contributed by atoms with Crippen molar-refractivity contribution in [1.29, 1.82) is 0 Å². The van der Waals surface area contributed by atoms with Crippen molar-refractivity contribution < 1.29 is 18.8 Å². The lowest BCUT2D eigenvalue weighted by atomic mass is 10.1. The summed E-state index contributed by atoms with van der Waals surface area (Å²) in [5.74, 6) is 1.06. The third-order valence-corrected chi connectivity index (χ3v) is 4.19. The summed E-state index contributed by atoms with van der Waals surface area (Å²) in [7, 11) is 1.79. The van der Waals surface area contributed by atoms with Gasteiger partial charge in [-0.2, -0.15) is 0 Å². The second-order valence-electron chi connectivity index (χ2n) is 7.42. The van der Waals surface area contributed by atoms with Crippen LogP contribution in [0.1, 0.15) is 40.9 Å². The molecule has 0 saturated carbocycles. The van der Waals surface area contributed by atoms with Crippen LogP contribution in [0.5, 0.6) is 5.88 Å². The predicted molar refractivity (Wildman–Crippen MR) is 110 cm³/mol. The zero-order valence-corrected chi connectivity index (χ0v) is 17.5. The molecule has 2 aromatic rings. The largest absolute Gasteiger partial charge is 0.459 e. The topological polar surface area (TPSA) is 122 Å². The highest BCUT2D eigenvalue weighted by Gasteiger charge is 2.29. The van der Waals surface area contributed by atoms with Crippen LogP contribution >= 0.6 is 0 Å². The van der Waals surface area contributed by atoms with E-state index in [4.69, 9.17) is 10.5 Å². The quantitative estimate of drug-likeness (QED) is 0.353. The second kappa shape index (κ2) is 10.1. The first-order valence-corrected chi connectivity index (χ1v) is 9.32. The number of nitrogens with two attached hydrogens (primary N) is 1. The Bertz CT molecular complexity index is 901. The Morgan fingerprint density at radius 3 is 2.67 bits per heavy atom. The maximum absolute atomic E-state index is 12.5. The number of carbonyl (C=O) groups excluding carboxylic acids is 2. The number of aldehydes is 1. The smallest absolute Gasteiger partial charge is 0.255 e. The fraction of sp³-hybridized carbons (Fsp3) is 0.400. The van der Waals surface area contributed by atoms with Crippen molar-refractivity contribution in [2.24, 2.45) is 5.73 Å². The average molecular weight is 418 g/mol. The van der Waals surface area contributed by atoms with Gasteiger partial charge >= 0.3 is 0 Å². The van der Waals surface area contributed by atoms with Gasteiger partial charge in [0, 0.05) is 42.7 Å². The molecule has 0 radical (unpaired) electrons. The Labute approximate surface area is 174 Å². The molecule has 3 heterocycles. The molecule has 1 aliphatic heterocycles. The van der Waals surface area contributed by atoms with Gasteiger partial charge < -0.3 is 25.5 Å². The van der Waals surface area contributed by atoms with Gasteiger partial charge in [0.25, 0.3) is 5.91 Å². The van der Waals surface area contributed by atoms with Crippen molar-refractivity contribution in [3.05, 3.63) is 46.8 Å². The highest BCUT2D eigenvalue weighted by Crippen LogP contribution is 2.29. The van der Waals surface area contributed by atoms with Crippen LogP contribution in [0.25, 0.3) is 0 Å². The third-order valence-electron chi connectivity index (χ3n) is 4.19. The van der Waals surface area contributed by atoms with Crippen LogP contribution in [-0.2, 0) is 17.9 Å². The van der Waals surface area contributed by atoms with Crippen LogP contribution < -0.4 is 21.3 Å². The van der Waals surface area contributed by atoms with Crippen molar-refractivity contribution in [3.63, 3.8) is 0 Å². The molecular weight excluding hydrogens is 391 g/mol. The van der Waals surface area contributed by atoms with E-state index in [1.165, 1.54) is 5.54 Å². The van der Waals surface area contributed by atoms with Gasteiger partial charge in [0.15, 0.2) is 6.73 Å². The molecule has 4 N–H and O–H groups in total. The number of pyridine rings is 2. The van der Waals surface area contributed by atoms with Crippen molar-refractivity contribution in [1.82, 2.24) is 20.4 Å². The second-order valence-corrected chi connectivity index (χ2v) is 7.42. The van der Waals surface area contributed by atoms with Gasteiger partial charge in [0.2, 0.25) is 5.88 Å². The molecule has 9 nitrogen and oxygen atoms in total. The molecule has 0 aliphatic carbocycles. The van der Waals surface area contributed by atoms with Crippen LogP contribution in [0.3, 0.4) is 0 Å². The van der Waals surface area contributed by atoms with Gasteiger partial charge in [-0.15, -0.1) is 10.0 Å². The van der Waals surface area contributed by atoms with Gasteiger partial charge in [-0.05, 0) is 38.5 Å².